The van der Waals surface area contributed by atoms with Crippen molar-refractivity contribution < 1.29 is 14.3 Å². The maximum absolute atomic E-state index is 12.4. The van der Waals surface area contributed by atoms with E-state index in [1.54, 1.807) is 12.2 Å². The van der Waals surface area contributed by atoms with E-state index in [9.17, 15) is 9.59 Å². The maximum atomic E-state index is 12.4. The van der Waals surface area contributed by atoms with Crippen molar-refractivity contribution in [3.63, 3.8) is 0 Å². The molecule has 7 aromatic rings. The Kier molecular flexibility index (Phi) is 12.0. The van der Waals surface area contributed by atoms with Crippen LogP contribution in [0.4, 0.5) is 17.1 Å². The molecular weight excluding hydrogens is 919 g/mol. The summed E-state index contributed by atoms with van der Waals surface area (Å²) in [6.07, 6.45) is 19.7. The van der Waals surface area contributed by atoms with E-state index in [1.165, 1.54) is 61.5 Å². The summed E-state index contributed by atoms with van der Waals surface area (Å²) in [4.78, 5) is 31.6. The molecule has 0 saturated heterocycles. The van der Waals surface area contributed by atoms with Crippen LogP contribution in [0.15, 0.2) is 212 Å². The maximum Gasteiger partial charge on any atom is 0.211 e. The molecule has 0 radical (unpaired) electrons. The molecule has 4 aliphatic heterocycles. The minimum atomic E-state index is -0.508. The number of allylic oxidation sites excluding steroid dienone is 10. The Balaban J connectivity index is 0.000000120. The quantitative estimate of drug-likeness (QED) is 0.161. The molecule has 0 bridgehead atoms. The van der Waals surface area contributed by atoms with Crippen molar-refractivity contribution in [1.82, 2.24) is 0 Å². The van der Waals surface area contributed by atoms with Crippen LogP contribution in [0.3, 0.4) is 0 Å². The predicted molar refractivity (Wildman–Crippen MR) is 313 cm³/mol. The van der Waals surface area contributed by atoms with Gasteiger partial charge in [-0.1, -0.05) is 173 Å². The van der Waals surface area contributed by atoms with Gasteiger partial charge in [-0.3, -0.25) is 9.59 Å². The minimum Gasteiger partial charge on any atom is -0.463 e. The molecule has 0 saturated carbocycles. The number of nitrogens with zero attached hydrogens (tertiary/aromatic N) is 3. The van der Waals surface area contributed by atoms with E-state index in [-0.39, 0.29) is 27.8 Å². The van der Waals surface area contributed by atoms with E-state index in [4.69, 9.17) is 4.74 Å². The van der Waals surface area contributed by atoms with E-state index in [2.05, 4.69) is 211 Å². The third kappa shape index (κ3) is 7.94. The van der Waals surface area contributed by atoms with E-state index < -0.39 is 5.72 Å². The van der Waals surface area contributed by atoms with Crippen LogP contribution in [0.1, 0.15) is 86.1 Å². The summed E-state index contributed by atoms with van der Waals surface area (Å²) in [5, 5.41) is 2.48. The molecular formula is C69H63N3O3. The van der Waals surface area contributed by atoms with Crippen molar-refractivity contribution in [3.8, 4) is 5.75 Å². The van der Waals surface area contributed by atoms with E-state index >= 15 is 0 Å². The number of ketones is 2. The summed E-state index contributed by atoms with van der Waals surface area (Å²) in [5.74, 6) is 1.08. The van der Waals surface area contributed by atoms with Crippen molar-refractivity contribution in [2.45, 2.75) is 63.5 Å². The summed E-state index contributed by atoms with van der Waals surface area (Å²) in [5.41, 5.74) is 16.1. The highest BCUT2D eigenvalue weighted by molar-refractivity contribution is 6.30. The molecule has 4 heterocycles. The van der Waals surface area contributed by atoms with Crippen LogP contribution in [0.25, 0.3) is 40.1 Å². The smallest absolute Gasteiger partial charge is 0.211 e. The highest BCUT2D eigenvalue weighted by atomic mass is 16.5. The summed E-state index contributed by atoms with van der Waals surface area (Å²) >= 11 is 0. The van der Waals surface area contributed by atoms with Crippen molar-refractivity contribution in [3.05, 3.63) is 256 Å². The lowest BCUT2D eigenvalue weighted by molar-refractivity contribution is -0.110. The van der Waals surface area contributed by atoms with Gasteiger partial charge in [-0.15, -0.1) is 0 Å². The molecule has 75 heavy (non-hydrogen) atoms. The highest BCUT2D eigenvalue weighted by Crippen LogP contribution is 2.55. The predicted octanol–water partition coefficient (Wildman–Crippen LogP) is 15.3. The topological polar surface area (TPSA) is 53.1 Å². The molecule has 1 unspecified atom stereocenters. The second kappa shape index (κ2) is 18.5. The number of hydrogen-bond acceptors (Lipinski definition) is 6. The number of para-hydroxylation sites is 3. The van der Waals surface area contributed by atoms with E-state index in [0.29, 0.717) is 0 Å². The van der Waals surface area contributed by atoms with Gasteiger partial charge in [-0.2, -0.15) is 0 Å². The standard InChI is InChI=1S/3C23H21NO/c1-22(2)19-10-6-7-11-20(19)24(3)23(22)15-14-18-17-9-5-4-8-16(17)12-13-21(18)25-23;2*1-23(2)19-10-6-7-11-20(19)24(3)22(23)15-13-18-17-9-5-4-8-16(17)12-14-21(18)25/h3*4-15H,1-3H3/b;18-13-,22-15+;. The number of benzene rings is 7. The zero-order valence-corrected chi connectivity index (χ0v) is 44.4. The fourth-order valence-corrected chi connectivity index (χ4v) is 12.4. The highest BCUT2D eigenvalue weighted by Gasteiger charge is 2.57. The SMILES string of the molecule is CN1/C(=C/C=C2\C(=O)C=Cc3ccccc32)C(C)(C)c2ccccc21.CN1C(=CC=C2C(=O)C=Cc3ccccc32)C(C)(C)c2ccccc21.CN1c2ccccc2C(C)(C)C12C=Cc1c(ccc3ccccc13)O2. The second-order valence-corrected chi connectivity index (χ2v) is 21.8. The number of carbonyl (C=O) groups is 2. The molecule has 6 aliphatic rings. The fourth-order valence-electron chi connectivity index (χ4n) is 12.4. The lowest BCUT2D eigenvalue weighted by Gasteiger charge is -2.46. The Morgan fingerprint density at radius 3 is 1.41 bits per heavy atom. The molecule has 13 rings (SSSR count). The van der Waals surface area contributed by atoms with E-state index in [1.807, 2.05) is 72.8 Å². The van der Waals surface area contributed by atoms with Gasteiger partial charge < -0.3 is 19.4 Å². The van der Waals surface area contributed by atoms with Gasteiger partial charge in [0.05, 0.1) is 5.41 Å². The first-order valence-electron chi connectivity index (χ1n) is 25.9. The lowest BCUT2D eigenvalue weighted by Crippen LogP contribution is -2.58. The van der Waals surface area contributed by atoms with Gasteiger partial charge >= 0.3 is 0 Å². The van der Waals surface area contributed by atoms with Crippen LogP contribution in [0, 0.1) is 0 Å². The van der Waals surface area contributed by atoms with Crippen molar-refractivity contribution in [2.75, 3.05) is 35.8 Å². The molecule has 2 aliphatic carbocycles. The largest absolute Gasteiger partial charge is 0.463 e. The molecule has 0 aromatic heterocycles. The zero-order valence-electron chi connectivity index (χ0n) is 44.4. The van der Waals surface area contributed by atoms with Crippen molar-refractivity contribution in [1.29, 1.82) is 0 Å². The Morgan fingerprint density at radius 2 is 0.893 bits per heavy atom. The third-order valence-electron chi connectivity index (χ3n) is 16.6. The van der Waals surface area contributed by atoms with Crippen LogP contribution < -0.4 is 19.4 Å². The van der Waals surface area contributed by atoms with Gasteiger partial charge in [-0.05, 0) is 136 Å². The number of ether oxygens (including phenoxy) is 1. The van der Waals surface area contributed by atoms with Crippen LogP contribution >= 0.6 is 0 Å². The first-order valence-corrected chi connectivity index (χ1v) is 25.9. The Hall–Kier alpha value is -8.48. The summed E-state index contributed by atoms with van der Waals surface area (Å²) in [6, 6.07) is 54.4. The van der Waals surface area contributed by atoms with Gasteiger partial charge in [0.1, 0.15) is 5.75 Å². The number of carbonyl (C=O) groups excluding carboxylic acids is 2. The van der Waals surface area contributed by atoms with Gasteiger partial charge in [0.15, 0.2) is 11.6 Å². The first-order chi connectivity index (χ1) is 36.0. The summed E-state index contributed by atoms with van der Waals surface area (Å²) in [7, 11) is 6.31. The molecule has 0 amide bonds. The fraction of sp³-hybridized carbons (Fsp3) is 0.188. The monoisotopic (exact) mass is 981 g/mol. The Labute approximate surface area is 442 Å². The van der Waals surface area contributed by atoms with Crippen molar-refractivity contribution >= 4 is 68.8 Å². The second-order valence-electron chi connectivity index (χ2n) is 21.8. The molecule has 0 N–H and O–H groups in total. The molecule has 372 valence electrons. The zero-order chi connectivity index (χ0) is 52.4. The average molecular weight is 982 g/mol. The van der Waals surface area contributed by atoms with E-state index in [0.717, 1.165) is 39.1 Å². The Bertz CT molecular complexity index is 3560. The van der Waals surface area contributed by atoms with Gasteiger partial charge in [-0.25, -0.2) is 0 Å². The molecule has 7 aromatic carbocycles. The molecule has 6 heteroatoms. The van der Waals surface area contributed by atoms with Gasteiger partial charge in [0.2, 0.25) is 5.72 Å². The number of rotatable bonds is 2. The average Bonchev–Trinajstić information content (AvgIpc) is 3.85. The van der Waals surface area contributed by atoms with Crippen LogP contribution in [-0.2, 0) is 25.8 Å². The Morgan fingerprint density at radius 1 is 0.440 bits per heavy atom. The first kappa shape index (κ1) is 48.8. The lowest BCUT2D eigenvalue weighted by atomic mass is 9.76. The van der Waals surface area contributed by atoms with Crippen LogP contribution in [0.5, 0.6) is 5.75 Å². The molecule has 1 spiro atoms. The van der Waals surface area contributed by atoms with Crippen LogP contribution in [-0.4, -0.2) is 38.4 Å². The minimum absolute atomic E-state index is 0.0616. The molecule has 6 nitrogen and oxygen atoms in total. The number of hydrogen-bond donors (Lipinski definition) is 0. The molecule has 1 atom stereocenters. The van der Waals surface area contributed by atoms with Gasteiger partial charge in [0, 0.05) is 77.1 Å². The third-order valence-corrected chi connectivity index (χ3v) is 16.6. The van der Waals surface area contributed by atoms with Gasteiger partial charge in [0.25, 0.3) is 0 Å². The van der Waals surface area contributed by atoms with Crippen molar-refractivity contribution in [2.24, 2.45) is 0 Å². The molecule has 0 fully saturated rings. The van der Waals surface area contributed by atoms with Crippen LogP contribution in [0.2, 0.25) is 0 Å². The number of likely N-dealkylation sites (N-methyl/N-ethyl adjacent to an activating group) is 3. The summed E-state index contributed by atoms with van der Waals surface area (Å²) in [6.45, 7) is 13.5. The number of anilines is 3. The summed E-state index contributed by atoms with van der Waals surface area (Å²) < 4.78 is 6.74. The normalized spacial score (nSPS) is 21.5. The number of fused-ring (bicyclic) bond motifs is 8.